The molecule has 6 nitrogen and oxygen atoms in total. The first kappa shape index (κ1) is 19.1. The van der Waals surface area contributed by atoms with Gasteiger partial charge >= 0.3 is 0 Å². The molecule has 0 saturated carbocycles. The van der Waals surface area contributed by atoms with E-state index in [4.69, 9.17) is 4.74 Å². The van der Waals surface area contributed by atoms with E-state index in [0.717, 1.165) is 36.9 Å². The summed E-state index contributed by atoms with van der Waals surface area (Å²) in [6.45, 7) is 2.60. The molecule has 1 saturated heterocycles. The van der Waals surface area contributed by atoms with Gasteiger partial charge in [-0.25, -0.2) is 4.98 Å². The van der Waals surface area contributed by atoms with Gasteiger partial charge in [0.1, 0.15) is 11.6 Å². The van der Waals surface area contributed by atoms with Crippen molar-refractivity contribution in [1.82, 2.24) is 9.97 Å². The number of piperazine rings is 1. The van der Waals surface area contributed by atoms with Crippen molar-refractivity contribution in [2.24, 2.45) is 0 Å². The number of aromatic nitrogens is 2. The Labute approximate surface area is 172 Å². The van der Waals surface area contributed by atoms with E-state index in [1.165, 1.54) is 11.3 Å². The van der Waals surface area contributed by atoms with Gasteiger partial charge in [-0.15, -0.1) is 0 Å². The van der Waals surface area contributed by atoms with E-state index >= 15 is 0 Å². The van der Waals surface area contributed by atoms with Crippen LogP contribution in [0.25, 0.3) is 0 Å². The molecule has 0 spiro atoms. The van der Waals surface area contributed by atoms with Gasteiger partial charge in [-0.1, -0.05) is 24.3 Å². The predicted octanol–water partition coefficient (Wildman–Crippen LogP) is 3.62. The van der Waals surface area contributed by atoms with Crippen LogP contribution in [0.15, 0.2) is 67.1 Å². The van der Waals surface area contributed by atoms with E-state index in [-0.39, 0.29) is 6.04 Å². The van der Waals surface area contributed by atoms with E-state index in [0.29, 0.717) is 0 Å². The van der Waals surface area contributed by atoms with Gasteiger partial charge in [-0.05, 0) is 29.8 Å². The van der Waals surface area contributed by atoms with Crippen LogP contribution in [0.1, 0.15) is 11.6 Å². The summed E-state index contributed by atoms with van der Waals surface area (Å²) in [4.78, 5) is 15.7. The molecule has 2 heterocycles. The fourth-order valence-corrected chi connectivity index (χ4v) is 3.89. The standard InChI is InChI=1S/C23H27N5O/c1-26(2)19-10-8-18(9-11-19)21-17-27(20-6-4-5-7-22(20)29-3)14-15-28(21)23-16-24-12-13-25-23/h4-13,16,21H,14-15,17H2,1-3H3. The zero-order chi connectivity index (χ0) is 20.2. The van der Waals surface area contributed by atoms with Crippen LogP contribution in [0.2, 0.25) is 0 Å². The van der Waals surface area contributed by atoms with E-state index in [9.17, 15) is 0 Å². The molecule has 29 heavy (non-hydrogen) atoms. The van der Waals surface area contributed by atoms with E-state index < -0.39 is 0 Å². The number of methoxy groups -OCH3 is 1. The van der Waals surface area contributed by atoms with Crippen molar-refractivity contribution in [3.05, 3.63) is 72.7 Å². The van der Waals surface area contributed by atoms with Crippen LogP contribution in [-0.2, 0) is 0 Å². The topological polar surface area (TPSA) is 44.7 Å². The van der Waals surface area contributed by atoms with Crippen LogP contribution in [0.4, 0.5) is 17.2 Å². The van der Waals surface area contributed by atoms with Crippen molar-refractivity contribution < 1.29 is 4.74 Å². The summed E-state index contributed by atoms with van der Waals surface area (Å²) >= 11 is 0. The van der Waals surface area contributed by atoms with Crippen LogP contribution in [0, 0.1) is 0 Å². The first-order valence-corrected chi connectivity index (χ1v) is 9.85. The number of anilines is 3. The second-order valence-electron chi connectivity index (χ2n) is 7.38. The number of ether oxygens (including phenoxy) is 1. The van der Waals surface area contributed by atoms with Gasteiger partial charge < -0.3 is 19.4 Å². The highest BCUT2D eigenvalue weighted by atomic mass is 16.5. The fraction of sp³-hybridized carbons (Fsp3) is 0.304. The maximum absolute atomic E-state index is 5.61. The maximum Gasteiger partial charge on any atom is 0.147 e. The number of rotatable bonds is 5. The number of hydrogen-bond donors (Lipinski definition) is 0. The highest BCUT2D eigenvalue weighted by Gasteiger charge is 2.30. The molecule has 1 unspecified atom stereocenters. The first-order chi connectivity index (χ1) is 14.2. The van der Waals surface area contributed by atoms with Crippen LogP contribution >= 0.6 is 0 Å². The zero-order valence-electron chi connectivity index (χ0n) is 17.2. The third-order valence-corrected chi connectivity index (χ3v) is 5.44. The average Bonchev–Trinajstić information content (AvgIpc) is 2.79. The minimum atomic E-state index is 0.168. The molecule has 1 aliphatic heterocycles. The predicted molar refractivity (Wildman–Crippen MR) is 118 cm³/mol. The van der Waals surface area contributed by atoms with Crippen molar-refractivity contribution in [2.75, 3.05) is 55.5 Å². The molecule has 1 fully saturated rings. The Morgan fingerprint density at radius 2 is 1.79 bits per heavy atom. The second-order valence-corrected chi connectivity index (χ2v) is 7.38. The Kier molecular flexibility index (Phi) is 5.51. The minimum absolute atomic E-state index is 0.168. The Morgan fingerprint density at radius 3 is 2.48 bits per heavy atom. The fourth-order valence-electron chi connectivity index (χ4n) is 3.89. The van der Waals surface area contributed by atoms with Crippen molar-refractivity contribution in [2.45, 2.75) is 6.04 Å². The molecular formula is C23H27N5O. The quantitative estimate of drug-likeness (QED) is 0.664. The maximum atomic E-state index is 5.61. The Bertz CT molecular complexity index is 930. The summed E-state index contributed by atoms with van der Waals surface area (Å²) in [5, 5.41) is 0. The van der Waals surface area contributed by atoms with Crippen LogP contribution in [0.3, 0.4) is 0 Å². The smallest absolute Gasteiger partial charge is 0.147 e. The lowest BCUT2D eigenvalue weighted by Gasteiger charge is -2.43. The molecule has 0 bridgehead atoms. The summed E-state index contributed by atoms with van der Waals surface area (Å²) in [6.07, 6.45) is 5.32. The number of para-hydroxylation sites is 2. The molecule has 1 aromatic heterocycles. The Balaban J connectivity index is 1.68. The van der Waals surface area contributed by atoms with Gasteiger partial charge in [0.25, 0.3) is 0 Å². The van der Waals surface area contributed by atoms with Crippen LogP contribution in [0.5, 0.6) is 5.75 Å². The molecule has 3 aromatic rings. The monoisotopic (exact) mass is 389 g/mol. The van der Waals surface area contributed by atoms with E-state index in [1.807, 2.05) is 18.3 Å². The van der Waals surface area contributed by atoms with Gasteiger partial charge in [-0.3, -0.25) is 4.98 Å². The van der Waals surface area contributed by atoms with E-state index in [2.05, 4.69) is 75.2 Å². The lowest BCUT2D eigenvalue weighted by atomic mass is 10.0. The summed E-state index contributed by atoms with van der Waals surface area (Å²) in [5.74, 6) is 1.82. The number of benzene rings is 2. The molecule has 1 aliphatic rings. The zero-order valence-corrected chi connectivity index (χ0v) is 17.2. The molecular weight excluding hydrogens is 362 g/mol. The summed E-state index contributed by atoms with van der Waals surface area (Å²) < 4.78 is 5.61. The Morgan fingerprint density at radius 1 is 1.00 bits per heavy atom. The molecule has 0 radical (unpaired) electrons. The van der Waals surface area contributed by atoms with Crippen molar-refractivity contribution in [1.29, 1.82) is 0 Å². The molecule has 0 aliphatic carbocycles. The van der Waals surface area contributed by atoms with Crippen molar-refractivity contribution >= 4 is 17.2 Å². The average molecular weight is 390 g/mol. The molecule has 6 heteroatoms. The SMILES string of the molecule is COc1ccccc1N1CCN(c2cnccn2)C(c2ccc(N(C)C)cc2)C1. The van der Waals surface area contributed by atoms with Gasteiger partial charge in [0.15, 0.2) is 0 Å². The molecule has 1 atom stereocenters. The third kappa shape index (κ3) is 3.97. The first-order valence-electron chi connectivity index (χ1n) is 9.85. The van der Waals surface area contributed by atoms with Gasteiger partial charge in [0.05, 0.1) is 25.0 Å². The Hall–Kier alpha value is -3.28. The highest BCUT2D eigenvalue weighted by molar-refractivity contribution is 5.60. The largest absolute Gasteiger partial charge is 0.495 e. The summed E-state index contributed by atoms with van der Waals surface area (Å²) in [6, 6.07) is 17.2. The van der Waals surface area contributed by atoms with Crippen molar-refractivity contribution in [3.8, 4) is 5.75 Å². The molecule has 150 valence electrons. The summed E-state index contributed by atoms with van der Waals surface area (Å²) in [5.41, 5.74) is 3.58. The number of nitrogens with zero attached hydrogens (tertiary/aromatic N) is 5. The van der Waals surface area contributed by atoms with Gasteiger partial charge in [0, 0.05) is 51.8 Å². The lowest BCUT2D eigenvalue weighted by Crippen LogP contribution is -2.49. The molecule has 0 amide bonds. The van der Waals surface area contributed by atoms with E-state index in [1.54, 1.807) is 19.5 Å². The summed E-state index contributed by atoms with van der Waals surface area (Å²) in [7, 11) is 5.85. The number of hydrogen-bond acceptors (Lipinski definition) is 6. The molecule has 2 aromatic carbocycles. The van der Waals surface area contributed by atoms with Crippen LogP contribution in [-0.4, -0.2) is 50.8 Å². The minimum Gasteiger partial charge on any atom is -0.495 e. The van der Waals surface area contributed by atoms with Crippen LogP contribution < -0.4 is 19.4 Å². The van der Waals surface area contributed by atoms with Crippen molar-refractivity contribution in [3.63, 3.8) is 0 Å². The molecule has 4 rings (SSSR count). The highest BCUT2D eigenvalue weighted by Crippen LogP contribution is 2.35. The second kappa shape index (κ2) is 8.39. The third-order valence-electron chi connectivity index (χ3n) is 5.44. The van der Waals surface area contributed by atoms with Gasteiger partial charge in [-0.2, -0.15) is 0 Å². The lowest BCUT2D eigenvalue weighted by molar-refractivity contribution is 0.412. The van der Waals surface area contributed by atoms with Gasteiger partial charge in [0.2, 0.25) is 0 Å². The molecule has 0 N–H and O–H groups in total. The normalized spacial score (nSPS) is 16.6.